The molecule has 13 heavy (non-hydrogen) atoms. The van der Waals surface area contributed by atoms with Gasteiger partial charge >= 0.3 is 0 Å². The molecular weight excluding hydrogens is 180 g/mol. The lowest BCUT2D eigenvalue weighted by Gasteiger charge is -2.26. The fourth-order valence-electron chi connectivity index (χ4n) is 0.816. The highest BCUT2D eigenvalue weighted by Crippen LogP contribution is 2.07. The Morgan fingerprint density at radius 1 is 1.54 bits per heavy atom. The minimum atomic E-state index is -1.72. The Hall–Kier alpha value is -0.530. The standard InChI is InChI=1S/C7H14O6/c1-13-7(5(11)3-9)6(12)4(10)2-8/h2,4-7,9-12H,3H2,1H3/t4-,5+,6+,7-/m0/s1/i1D. The van der Waals surface area contributed by atoms with Gasteiger partial charge in [0.2, 0.25) is 0 Å². The Morgan fingerprint density at radius 2 is 2.15 bits per heavy atom. The van der Waals surface area contributed by atoms with Crippen LogP contribution in [-0.4, -0.2) is 64.8 Å². The van der Waals surface area contributed by atoms with Gasteiger partial charge < -0.3 is 30.0 Å². The highest BCUT2D eigenvalue weighted by Gasteiger charge is 2.31. The highest BCUT2D eigenvalue weighted by molar-refractivity contribution is 5.56. The molecule has 6 nitrogen and oxygen atoms in total. The van der Waals surface area contributed by atoms with Gasteiger partial charge in [0.1, 0.15) is 24.4 Å². The number of aliphatic hydroxyl groups excluding tert-OH is 4. The van der Waals surface area contributed by atoms with E-state index in [1.54, 1.807) is 0 Å². The van der Waals surface area contributed by atoms with Gasteiger partial charge in [-0.1, -0.05) is 0 Å². The van der Waals surface area contributed by atoms with Crippen LogP contribution in [-0.2, 0) is 9.53 Å². The molecule has 0 spiro atoms. The van der Waals surface area contributed by atoms with Gasteiger partial charge in [0, 0.05) is 7.09 Å². The van der Waals surface area contributed by atoms with Crippen molar-refractivity contribution in [1.29, 1.82) is 0 Å². The van der Waals surface area contributed by atoms with Crippen LogP contribution in [0.3, 0.4) is 0 Å². The summed E-state index contributed by atoms with van der Waals surface area (Å²) in [6.45, 7) is -0.701. The number of carbonyl (C=O) groups excluding carboxylic acids is 1. The summed E-state index contributed by atoms with van der Waals surface area (Å²) in [4.78, 5) is 10.1. The third-order valence-corrected chi connectivity index (χ3v) is 1.58. The molecule has 0 unspecified atom stereocenters. The highest BCUT2D eigenvalue weighted by atomic mass is 16.5. The summed E-state index contributed by atoms with van der Waals surface area (Å²) in [7, 11) is -0.565. The van der Waals surface area contributed by atoms with E-state index >= 15 is 0 Å². The van der Waals surface area contributed by atoms with E-state index in [1.165, 1.54) is 0 Å². The van der Waals surface area contributed by atoms with Crippen molar-refractivity contribution in [2.75, 3.05) is 13.7 Å². The van der Waals surface area contributed by atoms with Crippen molar-refractivity contribution in [3.8, 4) is 0 Å². The van der Waals surface area contributed by atoms with E-state index in [9.17, 15) is 9.90 Å². The topological polar surface area (TPSA) is 107 Å². The number of rotatable bonds is 6. The fourth-order valence-corrected chi connectivity index (χ4v) is 0.816. The number of hydrogen-bond acceptors (Lipinski definition) is 6. The van der Waals surface area contributed by atoms with Crippen molar-refractivity contribution in [1.82, 2.24) is 0 Å². The van der Waals surface area contributed by atoms with Crippen LogP contribution in [0, 0.1) is 0 Å². The first kappa shape index (κ1) is 10.6. The summed E-state index contributed by atoms with van der Waals surface area (Å²) in [6, 6.07) is 0. The largest absolute Gasteiger partial charge is 0.394 e. The second kappa shape index (κ2) is 6.01. The molecule has 78 valence electrons. The van der Waals surface area contributed by atoms with Gasteiger partial charge in [0.05, 0.1) is 7.98 Å². The maximum absolute atomic E-state index is 10.1. The quantitative estimate of drug-likeness (QED) is 0.343. The molecule has 6 heteroatoms. The molecule has 0 heterocycles. The van der Waals surface area contributed by atoms with E-state index in [1.807, 2.05) is 0 Å². The average molecular weight is 195 g/mol. The zero-order valence-electron chi connectivity index (χ0n) is 7.91. The second-order valence-corrected chi connectivity index (χ2v) is 2.50. The number of carbonyl (C=O) groups is 1. The number of methoxy groups -OCH3 is 1. The summed E-state index contributed by atoms with van der Waals surface area (Å²) in [5.74, 6) is 0. The van der Waals surface area contributed by atoms with Crippen LogP contribution in [0.25, 0.3) is 0 Å². The van der Waals surface area contributed by atoms with Gasteiger partial charge in [-0.2, -0.15) is 0 Å². The molecule has 4 atom stereocenters. The van der Waals surface area contributed by atoms with Crippen molar-refractivity contribution in [2.45, 2.75) is 24.4 Å². The van der Waals surface area contributed by atoms with Gasteiger partial charge in [-0.25, -0.2) is 0 Å². The molecule has 0 aliphatic carbocycles. The smallest absolute Gasteiger partial charge is 0.151 e. The zero-order chi connectivity index (χ0) is 11.1. The first-order valence-corrected chi connectivity index (χ1v) is 3.59. The number of aliphatic hydroxyl groups is 4. The van der Waals surface area contributed by atoms with E-state index in [0.717, 1.165) is 0 Å². The SMILES string of the molecule is [2H]CO[C@H]([C@H](O)[C@@H](O)C=O)[C@H](O)CO. The molecule has 0 bridgehead atoms. The van der Waals surface area contributed by atoms with Crippen molar-refractivity contribution in [3.63, 3.8) is 0 Å². The van der Waals surface area contributed by atoms with Crippen molar-refractivity contribution < 1.29 is 31.3 Å². The van der Waals surface area contributed by atoms with Crippen LogP contribution < -0.4 is 0 Å². The fraction of sp³-hybridized carbons (Fsp3) is 0.857. The lowest BCUT2D eigenvalue weighted by Crippen LogP contribution is -2.47. The Kier molecular flexibility index (Phi) is 4.87. The molecule has 0 rings (SSSR count). The second-order valence-electron chi connectivity index (χ2n) is 2.50. The first-order valence-electron chi connectivity index (χ1n) is 4.30. The van der Waals surface area contributed by atoms with Crippen LogP contribution in [0.2, 0.25) is 0 Å². The Morgan fingerprint density at radius 3 is 2.54 bits per heavy atom. The van der Waals surface area contributed by atoms with Gasteiger partial charge in [-0.05, 0) is 0 Å². The molecule has 0 aliphatic heterocycles. The van der Waals surface area contributed by atoms with E-state index in [0.29, 0.717) is 0 Å². The molecule has 0 radical (unpaired) electrons. The van der Waals surface area contributed by atoms with Crippen LogP contribution in [0.5, 0.6) is 0 Å². The van der Waals surface area contributed by atoms with E-state index in [2.05, 4.69) is 4.74 Å². The van der Waals surface area contributed by atoms with E-state index < -0.39 is 38.1 Å². The molecule has 4 N–H and O–H groups in total. The van der Waals surface area contributed by atoms with Gasteiger partial charge in [-0.15, -0.1) is 0 Å². The van der Waals surface area contributed by atoms with Crippen molar-refractivity contribution >= 4 is 6.29 Å². The maximum Gasteiger partial charge on any atom is 0.151 e. The molecule has 0 aromatic carbocycles. The van der Waals surface area contributed by atoms with Gasteiger partial charge in [0.15, 0.2) is 6.29 Å². The zero-order valence-corrected chi connectivity index (χ0v) is 6.91. The Labute approximate surface area is 76.8 Å². The summed E-state index contributed by atoms with van der Waals surface area (Å²) in [5.41, 5.74) is 0. The number of ether oxygens (including phenoxy) is 1. The summed E-state index contributed by atoms with van der Waals surface area (Å²) in [5, 5.41) is 35.8. The predicted molar refractivity (Wildman–Crippen MR) is 42.0 cm³/mol. The van der Waals surface area contributed by atoms with Crippen LogP contribution in [0.1, 0.15) is 1.37 Å². The molecular formula is C7H14O6. The molecule has 0 aliphatic rings. The van der Waals surface area contributed by atoms with Crippen LogP contribution in [0.4, 0.5) is 0 Å². The Balaban J connectivity index is 4.38. The summed E-state index contributed by atoms with van der Waals surface area (Å²) in [6.07, 6.45) is -6.12. The summed E-state index contributed by atoms with van der Waals surface area (Å²) >= 11 is 0. The van der Waals surface area contributed by atoms with Crippen LogP contribution >= 0.6 is 0 Å². The Bertz CT molecular complexity index is 166. The molecule has 0 amide bonds. The molecule has 0 aromatic rings. The molecule has 0 saturated heterocycles. The predicted octanol–water partition coefficient (Wildman–Crippen LogP) is -2.72. The normalized spacial score (nSPS) is 21.4. The van der Waals surface area contributed by atoms with Crippen LogP contribution in [0.15, 0.2) is 0 Å². The van der Waals surface area contributed by atoms with Crippen molar-refractivity contribution in [3.05, 3.63) is 0 Å². The molecule has 0 saturated carbocycles. The average Bonchev–Trinajstić information content (AvgIpc) is 2.22. The lowest BCUT2D eigenvalue weighted by molar-refractivity contribution is -0.142. The van der Waals surface area contributed by atoms with Crippen molar-refractivity contribution in [2.24, 2.45) is 0 Å². The minimum absolute atomic E-state index is 0.0784. The van der Waals surface area contributed by atoms with Gasteiger partial charge in [-0.3, -0.25) is 0 Å². The minimum Gasteiger partial charge on any atom is -0.394 e. The molecule has 0 aromatic heterocycles. The summed E-state index contributed by atoms with van der Waals surface area (Å²) < 4.78 is 11.3. The van der Waals surface area contributed by atoms with E-state index in [4.69, 9.17) is 16.7 Å². The molecule has 0 fully saturated rings. The van der Waals surface area contributed by atoms with Gasteiger partial charge in [0.25, 0.3) is 0 Å². The number of aldehydes is 1. The monoisotopic (exact) mass is 195 g/mol. The first-order chi connectivity index (χ1) is 6.58. The van der Waals surface area contributed by atoms with E-state index in [-0.39, 0.29) is 6.29 Å². The maximum atomic E-state index is 10.1. The third kappa shape index (κ3) is 3.37. The number of hydrogen-bond donors (Lipinski definition) is 4. The third-order valence-electron chi connectivity index (χ3n) is 1.58. The lowest BCUT2D eigenvalue weighted by atomic mass is 10.0.